The van der Waals surface area contributed by atoms with E-state index in [4.69, 9.17) is 4.74 Å². The van der Waals surface area contributed by atoms with Crippen LogP contribution in [0, 0.1) is 28.6 Å². The van der Waals surface area contributed by atoms with Crippen LogP contribution in [0.4, 0.5) is 0 Å². The highest BCUT2D eigenvalue weighted by Crippen LogP contribution is 2.65. The molecule has 3 saturated carbocycles. The minimum atomic E-state index is -0.227. The van der Waals surface area contributed by atoms with Gasteiger partial charge in [0.25, 0.3) is 0 Å². The zero-order valence-electron chi connectivity index (χ0n) is 15.6. The predicted octanol–water partition coefficient (Wildman–Crippen LogP) is 2.84. The largest absolute Gasteiger partial charge is 0.392 e. The number of aliphatic hydroxyl groups is 1. The predicted molar refractivity (Wildman–Crippen MR) is 92.4 cm³/mol. The van der Waals surface area contributed by atoms with Crippen LogP contribution in [0.2, 0.25) is 0 Å². The molecule has 1 saturated heterocycles. The molecule has 4 fully saturated rings. The van der Waals surface area contributed by atoms with Crippen LogP contribution in [0.25, 0.3) is 0 Å². The maximum Gasteiger partial charge on any atom is 0.222 e. The smallest absolute Gasteiger partial charge is 0.222 e. The van der Waals surface area contributed by atoms with E-state index >= 15 is 0 Å². The van der Waals surface area contributed by atoms with Crippen molar-refractivity contribution in [3.63, 3.8) is 0 Å². The third kappa shape index (κ3) is 2.02. The lowest BCUT2D eigenvalue weighted by Crippen LogP contribution is -2.62. The van der Waals surface area contributed by atoms with Crippen molar-refractivity contribution in [2.75, 3.05) is 14.2 Å². The molecule has 3 aliphatic carbocycles. The van der Waals surface area contributed by atoms with Crippen molar-refractivity contribution in [2.45, 2.75) is 77.0 Å². The Labute approximate surface area is 145 Å². The average Bonchev–Trinajstić information content (AvgIpc) is 2.82. The van der Waals surface area contributed by atoms with Crippen LogP contribution in [0.15, 0.2) is 0 Å². The van der Waals surface area contributed by atoms with E-state index in [0.29, 0.717) is 36.1 Å². The zero-order valence-corrected chi connectivity index (χ0v) is 15.6. The number of aliphatic hydroxyl groups excluding tert-OH is 1. The van der Waals surface area contributed by atoms with Gasteiger partial charge in [-0.2, -0.15) is 0 Å². The number of hydrogen-bond donors (Lipinski definition) is 1. The number of fused-ring (bicyclic) bond motifs is 5. The molecule has 1 aliphatic heterocycles. The Balaban J connectivity index is 1.68. The van der Waals surface area contributed by atoms with E-state index in [1.165, 1.54) is 12.8 Å². The van der Waals surface area contributed by atoms with Crippen LogP contribution in [0.3, 0.4) is 0 Å². The lowest BCUT2D eigenvalue weighted by atomic mass is 9.47. The minimum absolute atomic E-state index is 0.0153. The highest BCUT2D eigenvalue weighted by atomic mass is 16.5. The van der Waals surface area contributed by atoms with E-state index in [1.807, 2.05) is 19.1 Å². The van der Waals surface area contributed by atoms with Crippen LogP contribution in [-0.2, 0) is 9.53 Å². The fourth-order valence-corrected chi connectivity index (χ4v) is 7.40. The van der Waals surface area contributed by atoms with Crippen LogP contribution in [-0.4, -0.2) is 48.3 Å². The lowest BCUT2D eigenvalue weighted by Gasteiger charge is -2.61. The topological polar surface area (TPSA) is 49.8 Å². The second-order valence-corrected chi connectivity index (χ2v) is 9.47. The SMILES string of the molecule is CO[C@@H]1C[C@H](O)[C@@]2(C)CC[C@H]3[C@@H](CC[C@H]4N(C)C(=O)CC[C@]34C)[C@H]12. The van der Waals surface area contributed by atoms with Crippen LogP contribution in [0.5, 0.6) is 0 Å². The van der Waals surface area contributed by atoms with Gasteiger partial charge < -0.3 is 14.7 Å². The number of amides is 1. The molecule has 0 aromatic rings. The molecule has 136 valence electrons. The molecule has 0 radical (unpaired) electrons. The molecule has 8 atom stereocenters. The average molecular weight is 335 g/mol. The van der Waals surface area contributed by atoms with Crippen molar-refractivity contribution < 1.29 is 14.6 Å². The summed E-state index contributed by atoms with van der Waals surface area (Å²) in [5.74, 6) is 2.08. The number of hydrogen-bond acceptors (Lipinski definition) is 3. The van der Waals surface area contributed by atoms with Gasteiger partial charge in [0.2, 0.25) is 5.91 Å². The number of methoxy groups -OCH3 is 1. The van der Waals surface area contributed by atoms with Gasteiger partial charge in [-0.1, -0.05) is 13.8 Å². The van der Waals surface area contributed by atoms with E-state index in [9.17, 15) is 9.90 Å². The Morgan fingerprint density at radius 3 is 2.62 bits per heavy atom. The Kier molecular flexibility index (Phi) is 3.82. The monoisotopic (exact) mass is 335 g/mol. The number of carbonyl (C=O) groups excluding carboxylic acids is 1. The fourth-order valence-electron chi connectivity index (χ4n) is 7.40. The van der Waals surface area contributed by atoms with E-state index in [2.05, 4.69) is 13.8 Å². The summed E-state index contributed by atoms with van der Waals surface area (Å²) >= 11 is 0. The van der Waals surface area contributed by atoms with Crippen molar-refractivity contribution >= 4 is 5.91 Å². The van der Waals surface area contributed by atoms with Gasteiger partial charge in [-0.3, -0.25) is 4.79 Å². The van der Waals surface area contributed by atoms with E-state index in [-0.39, 0.29) is 23.0 Å². The molecule has 1 N–H and O–H groups in total. The summed E-state index contributed by atoms with van der Waals surface area (Å²) < 4.78 is 5.85. The third-order valence-corrected chi connectivity index (χ3v) is 8.77. The molecule has 0 spiro atoms. The Morgan fingerprint density at radius 2 is 1.92 bits per heavy atom. The van der Waals surface area contributed by atoms with Gasteiger partial charge in [0, 0.05) is 33.0 Å². The maximum atomic E-state index is 12.2. The second-order valence-electron chi connectivity index (χ2n) is 9.47. The molecular formula is C20H33NO3. The highest BCUT2D eigenvalue weighted by molar-refractivity contribution is 5.77. The summed E-state index contributed by atoms with van der Waals surface area (Å²) in [6.07, 6.45) is 7.07. The first-order valence-electron chi connectivity index (χ1n) is 9.79. The van der Waals surface area contributed by atoms with Crippen LogP contribution in [0.1, 0.15) is 58.8 Å². The van der Waals surface area contributed by atoms with Crippen LogP contribution < -0.4 is 0 Å². The zero-order chi connectivity index (χ0) is 17.3. The number of ether oxygens (including phenoxy) is 1. The summed E-state index contributed by atoms with van der Waals surface area (Å²) in [4.78, 5) is 14.2. The van der Waals surface area contributed by atoms with Crippen molar-refractivity contribution in [1.82, 2.24) is 4.90 Å². The number of rotatable bonds is 1. The van der Waals surface area contributed by atoms with Gasteiger partial charge in [-0.05, 0) is 60.7 Å². The molecule has 0 unspecified atom stereocenters. The number of piperidine rings is 1. The molecule has 1 heterocycles. The van der Waals surface area contributed by atoms with Gasteiger partial charge in [-0.25, -0.2) is 0 Å². The van der Waals surface area contributed by atoms with Crippen LogP contribution >= 0.6 is 0 Å². The maximum absolute atomic E-state index is 12.2. The molecule has 0 bridgehead atoms. The van der Waals surface area contributed by atoms with Gasteiger partial charge in [-0.15, -0.1) is 0 Å². The quantitative estimate of drug-likeness (QED) is 0.802. The summed E-state index contributed by atoms with van der Waals surface area (Å²) in [7, 11) is 3.82. The summed E-state index contributed by atoms with van der Waals surface area (Å²) in [5.41, 5.74) is 0.250. The van der Waals surface area contributed by atoms with Crippen molar-refractivity contribution in [2.24, 2.45) is 28.6 Å². The van der Waals surface area contributed by atoms with Crippen molar-refractivity contribution in [3.05, 3.63) is 0 Å². The minimum Gasteiger partial charge on any atom is -0.392 e. The first-order chi connectivity index (χ1) is 11.3. The van der Waals surface area contributed by atoms with Crippen molar-refractivity contribution in [3.8, 4) is 0 Å². The van der Waals surface area contributed by atoms with E-state index in [0.717, 1.165) is 25.7 Å². The fraction of sp³-hybridized carbons (Fsp3) is 0.950. The first kappa shape index (κ1) is 16.8. The molecule has 4 aliphatic rings. The summed E-state index contributed by atoms with van der Waals surface area (Å²) in [6, 6.07) is 0.400. The van der Waals surface area contributed by atoms with Gasteiger partial charge in [0.05, 0.1) is 12.2 Å². The number of carbonyl (C=O) groups is 1. The standard InChI is InChI=1S/C20H33NO3/c1-19-10-8-17(23)21(3)15(19)6-5-12-13(19)7-9-20(2)16(22)11-14(24-4)18(12)20/h12-16,18,22H,5-11H2,1-4H3/t12-,13+,14-,15-,16+,18-,19-,20-/m1/s1. The second kappa shape index (κ2) is 5.44. The molecule has 24 heavy (non-hydrogen) atoms. The van der Waals surface area contributed by atoms with Crippen molar-refractivity contribution in [1.29, 1.82) is 0 Å². The first-order valence-corrected chi connectivity index (χ1v) is 9.79. The Morgan fingerprint density at radius 1 is 1.17 bits per heavy atom. The Hall–Kier alpha value is -0.610. The van der Waals surface area contributed by atoms with Gasteiger partial charge in [0.15, 0.2) is 0 Å². The lowest BCUT2D eigenvalue weighted by molar-refractivity contribution is -0.165. The van der Waals surface area contributed by atoms with Gasteiger partial charge in [0.1, 0.15) is 0 Å². The van der Waals surface area contributed by atoms with E-state index in [1.54, 1.807) is 0 Å². The molecule has 4 nitrogen and oxygen atoms in total. The Bertz CT molecular complexity index is 537. The number of likely N-dealkylation sites (tertiary alicyclic amines) is 1. The molecule has 0 aromatic heterocycles. The normalized spacial score (nSPS) is 54.2. The molecular weight excluding hydrogens is 302 g/mol. The molecule has 1 amide bonds. The molecule has 4 rings (SSSR count). The van der Waals surface area contributed by atoms with Gasteiger partial charge >= 0.3 is 0 Å². The highest BCUT2D eigenvalue weighted by Gasteiger charge is 2.63. The number of nitrogens with zero attached hydrogens (tertiary/aromatic N) is 1. The third-order valence-electron chi connectivity index (χ3n) is 8.77. The molecule has 0 aromatic carbocycles. The molecule has 4 heteroatoms. The summed E-state index contributed by atoms with van der Waals surface area (Å²) in [6.45, 7) is 4.73. The van der Waals surface area contributed by atoms with E-state index < -0.39 is 0 Å². The summed E-state index contributed by atoms with van der Waals surface area (Å²) in [5, 5.41) is 10.7.